The number of rotatable bonds is 2. The van der Waals surface area contributed by atoms with Crippen LogP contribution in [0.25, 0.3) is 0 Å². The molecular formula is C15H15BrN2O2S. The minimum atomic E-state index is -3.15. The van der Waals surface area contributed by atoms with E-state index in [1.54, 1.807) is 18.3 Å². The van der Waals surface area contributed by atoms with Gasteiger partial charge in [0.25, 0.3) is 0 Å². The number of fused-ring (bicyclic) bond motifs is 1. The maximum absolute atomic E-state index is 12.1. The first-order valence-corrected chi connectivity index (χ1v) is 9.12. The molecular weight excluding hydrogens is 352 g/mol. The second kappa shape index (κ2) is 5.42. The smallest absolute Gasteiger partial charge is 0.178 e. The predicted octanol–water partition coefficient (Wildman–Crippen LogP) is 3.48. The van der Waals surface area contributed by atoms with Gasteiger partial charge in [0.15, 0.2) is 9.84 Å². The summed E-state index contributed by atoms with van der Waals surface area (Å²) in [6.07, 6.45) is 2.32. The predicted molar refractivity (Wildman–Crippen MR) is 86.1 cm³/mol. The summed E-state index contributed by atoms with van der Waals surface area (Å²) in [4.78, 5) is 4.70. The summed E-state index contributed by atoms with van der Waals surface area (Å²) < 4.78 is 25.1. The quantitative estimate of drug-likeness (QED) is 0.826. The van der Waals surface area contributed by atoms with E-state index in [0.29, 0.717) is 11.3 Å². The van der Waals surface area contributed by atoms with E-state index in [9.17, 15) is 8.42 Å². The van der Waals surface area contributed by atoms with Gasteiger partial charge in [-0.15, -0.1) is 0 Å². The zero-order valence-corrected chi connectivity index (χ0v) is 13.9. The van der Waals surface area contributed by atoms with E-state index in [0.717, 1.165) is 21.4 Å². The number of nitrogens with one attached hydrogen (secondary N) is 1. The minimum Gasteiger partial charge on any atom is -0.377 e. The van der Waals surface area contributed by atoms with Gasteiger partial charge < -0.3 is 5.32 Å². The molecule has 2 heterocycles. The highest BCUT2D eigenvalue weighted by atomic mass is 79.9. The molecule has 4 nitrogen and oxygen atoms in total. The number of aryl methyl sites for hydroxylation is 1. The topological polar surface area (TPSA) is 59.1 Å². The zero-order chi connectivity index (χ0) is 15.0. The lowest BCUT2D eigenvalue weighted by molar-refractivity contribution is 0.576. The number of nitrogens with zero attached hydrogens (tertiary/aromatic N) is 1. The second-order valence-electron chi connectivity index (χ2n) is 5.17. The summed E-state index contributed by atoms with van der Waals surface area (Å²) in [5.41, 5.74) is 2.77. The Kier molecular flexibility index (Phi) is 3.75. The molecule has 0 fully saturated rings. The summed E-state index contributed by atoms with van der Waals surface area (Å²) in [5, 5.41) is 3.40. The number of halogens is 1. The van der Waals surface area contributed by atoms with E-state index in [1.165, 1.54) is 0 Å². The van der Waals surface area contributed by atoms with Crippen LogP contribution in [0.3, 0.4) is 0 Å². The fourth-order valence-electron chi connectivity index (χ4n) is 2.58. The molecule has 1 aliphatic rings. The Bertz CT molecular complexity index is 790. The van der Waals surface area contributed by atoms with E-state index in [-0.39, 0.29) is 11.8 Å². The van der Waals surface area contributed by atoms with Crippen molar-refractivity contribution in [2.24, 2.45) is 0 Å². The molecule has 0 amide bonds. The number of pyridine rings is 1. The Labute approximate surface area is 132 Å². The molecule has 110 valence electrons. The Morgan fingerprint density at radius 1 is 1.33 bits per heavy atom. The highest BCUT2D eigenvalue weighted by Gasteiger charge is 2.29. The molecule has 0 spiro atoms. The molecule has 1 N–H and O–H groups in total. The first-order valence-electron chi connectivity index (χ1n) is 6.68. The standard InChI is InChI=1S/C15H15BrN2O2S/c1-10-8-11(9-17-15(10)16)18-13-6-7-21(19,20)14-5-3-2-4-12(13)14/h2-5,8-9,13,18H,6-7H2,1H3. The van der Waals surface area contributed by atoms with Crippen molar-refractivity contribution in [3.05, 3.63) is 52.3 Å². The number of aromatic nitrogens is 1. The van der Waals surface area contributed by atoms with E-state index in [2.05, 4.69) is 26.2 Å². The van der Waals surface area contributed by atoms with Gasteiger partial charge in [0.2, 0.25) is 0 Å². The fourth-order valence-corrected chi connectivity index (χ4v) is 4.42. The molecule has 1 aromatic carbocycles. The van der Waals surface area contributed by atoms with Gasteiger partial charge in [-0.2, -0.15) is 0 Å². The molecule has 1 aromatic heterocycles. The van der Waals surface area contributed by atoms with Gasteiger partial charge in [0.1, 0.15) is 4.60 Å². The molecule has 0 bridgehead atoms. The average molecular weight is 367 g/mol. The van der Waals surface area contributed by atoms with Crippen molar-refractivity contribution in [3.8, 4) is 0 Å². The monoisotopic (exact) mass is 366 g/mol. The lowest BCUT2D eigenvalue weighted by atomic mass is 10.0. The van der Waals surface area contributed by atoms with Crippen LogP contribution >= 0.6 is 15.9 Å². The number of benzene rings is 1. The van der Waals surface area contributed by atoms with Crippen molar-refractivity contribution < 1.29 is 8.42 Å². The van der Waals surface area contributed by atoms with Crippen molar-refractivity contribution >= 4 is 31.5 Å². The van der Waals surface area contributed by atoms with Gasteiger partial charge in [0.05, 0.1) is 28.6 Å². The molecule has 1 aliphatic heterocycles. The third kappa shape index (κ3) is 2.82. The van der Waals surface area contributed by atoms with Crippen molar-refractivity contribution in [1.29, 1.82) is 0 Å². The summed E-state index contributed by atoms with van der Waals surface area (Å²) in [7, 11) is -3.15. The molecule has 1 unspecified atom stereocenters. The highest BCUT2D eigenvalue weighted by Crippen LogP contribution is 2.34. The summed E-state index contributed by atoms with van der Waals surface area (Å²) >= 11 is 3.38. The summed E-state index contributed by atoms with van der Waals surface area (Å²) in [5.74, 6) is 0.171. The molecule has 3 rings (SSSR count). The lowest BCUT2D eigenvalue weighted by Gasteiger charge is -2.27. The first kappa shape index (κ1) is 14.5. The number of hydrogen-bond acceptors (Lipinski definition) is 4. The van der Waals surface area contributed by atoms with Crippen molar-refractivity contribution in [1.82, 2.24) is 4.98 Å². The van der Waals surface area contributed by atoms with E-state index < -0.39 is 9.84 Å². The van der Waals surface area contributed by atoms with Crippen LogP contribution in [-0.4, -0.2) is 19.2 Å². The SMILES string of the molecule is Cc1cc(NC2CCS(=O)(=O)c3ccccc32)cnc1Br. The third-order valence-corrected chi connectivity index (χ3v) is 6.31. The molecule has 0 saturated carbocycles. The van der Waals surface area contributed by atoms with Gasteiger partial charge in [-0.1, -0.05) is 18.2 Å². The lowest BCUT2D eigenvalue weighted by Crippen LogP contribution is -2.24. The normalized spacial score (nSPS) is 19.8. The van der Waals surface area contributed by atoms with Crippen LogP contribution < -0.4 is 5.32 Å². The Hall–Kier alpha value is -1.40. The van der Waals surface area contributed by atoms with E-state index in [4.69, 9.17) is 0 Å². The van der Waals surface area contributed by atoms with Gasteiger partial charge in [-0.3, -0.25) is 0 Å². The molecule has 0 aliphatic carbocycles. The van der Waals surface area contributed by atoms with Crippen molar-refractivity contribution in [2.75, 3.05) is 11.1 Å². The largest absolute Gasteiger partial charge is 0.377 e. The second-order valence-corrected chi connectivity index (χ2v) is 8.00. The van der Waals surface area contributed by atoms with Crippen LogP contribution in [0.1, 0.15) is 23.6 Å². The third-order valence-electron chi connectivity index (χ3n) is 3.66. The van der Waals surface area contributed by atoms with Crippen LogP contribution in [0, 0.1) is 6.92 Å². The Morgan fingerprint density at radius 3 is 2.86 bits per heavy atom. The van der Waals surface area contributed by atoms with Gasteiger partial charge in [0, 0.05) is 0 Å². The Morgan fingerprint density at radius 2 is 2.10 bits per heavy atom. The van der Waals surface area contributed by atoms with Crippen LogP contribution in [0.15, 0.2) is 46.0 Å². The molecule has 21 heavy (non-hydrogen) atoms. The molecule has 1 atom stereocenters. The zero-order valence-electron chi connectivity index (χ0n) is 11.5. The maximum atomic E-state index is 12.1. The summed E-state index contributed by atoms with van der Waals surface area (Å²) in [6.45, 7) is 1.97. The Balaban J connectivity index is 1.95. The highest BCUT2D eigenvalue weighted by molar-refractivity contribution is 9.10. The van der Waals surface area contributed by atoms with Crippen LogP contribution in [0.5, 0.6) is 0 Å². The van der Waals surface area contributed by atoms with Crippen LogP contribution in [-0.2, 0) is 9.84 Å². The van der Waals surface area contributed by atoms with Gasteiger partial charge >= 0.3 is 0 Å². The molecule has 0 saturated heterocycles. The number of hydrogen-bond donors (Lipinski definition) is 1. The molecule has 6 heteroatoms. The van der Waals surface area contributed by atoms with Gasteiger partial charge in [-0.25, -0.2) is 13.4 Å². The van der Waals surface area contributed by atoms with Crippen LogP contribution in [0.4, 0.5) is 5.69 Å². The van der Waals surface area contributed by atoms with Crippen molar-refractivity contribution in [3.63, 3.8) is 0 Å². The summed E-state index contributed by atoms with van der Waals surface area (Å²) in [6, 6.07) is 9.20. The number of anilines is 1. The maximum Gasteiger partial charge on any atom is 0.178 e. The molecule has 2 aromatic rings. The minimum absolute atomic E-state index is 0.00731. The number of sulfone groups is 1. The van der Waals surface area contributed by atoms with Crippen molar-refractivity contribution in [2.45, 2.75) is 24.3 Å². The average Bonchev–Trinajstić information content (AvgIpc) is 2.46. The van der Waals surface area contributed by atoms with Crippen LogP contribution in [0.2, 0.25) is 0 Å². The van der Waals surface area contributed by atoms with Gasteiger partial charge in [-0.05, 0) is 52.5 Å². The van der Waals surface area contributed by atoms with E-state index in [1.807, 2.05) is 25.1 Å². The molecule has 0 radical (unpaired) electrons. The first-order chi connectivity index (χ1) is 9.97. The van der Waals surface area contributed by atoms with E-state index >= 15 is 0 Å². The fraction of sp³-hybridized carbons (Fsp3) is 0.267.